The van der Waals surface area contributed by atoms with E-state index < -0.39 is 44.8 Å². The van der Waals surface area contributed by atoms with E-state index in [1.54, 1.807) is 6.92 Å². The lowest BCUT2D eigenvalue weighted by Crippen LogP contribution is -2.37. The molecular formula is C28H34F3N7O4S. The molecule has 11 nitrogen and oxygen atoms in total. The van der Waals surface area contributed by atoms with Crippen molar-refractivity contribution in [1.29, 1.82) is 0 Å². The Bertz CT molecular complexity index is 1690. The van der Waals surface area contributed by atoms with Crippen molar-refractivity contribution in [3.8, 4) is 11.1 Å². The van der Waals surface area contributed by atoms with Gasteiger partial charge in [0.05, 0.1) is 16.8 Å². The number of carbonyl (C=O) groups excluding carboxylic acids is 1. The zero-order valence-corrected chi connectivity index (χ0v) is 24.8. The van der Waals surface area contributed by atoms with Gasteiger partial charge in [-0.2, -0.15) is 17.7 Å². The molecule has 2 N–H and O–H groups in total. The van der Waals surface area contributed by atoms with Crippen molar-refractivity contribution >= 4 is 38.8 Å². The fourth-order valence-electron chi connectivity index (χ4n) is 5.63. The van der Waals surface area contributed by atoms with Crippen LogP contribution in [0.15, 0.2) is 29.2 Å². The van der Waals surface area contributed by atoms with Crippen LogP contribution in [0.3, 0.4) is 0 Å². The van der Waals surface area contributed by atoms with Gasteiger partial charge in [0.1, 0.15) is 17.6 Å². The highest BCUT2D eigenvalue weighted by Gasteiger charge is 2.32. The average molecular weight is 622 g/mol. The monoisotopic (exact) mass is 621 g/mol. The Labute approximate surface area is 247 Å². The van der Waals surface area contributed by atoms with Crippen LogP contribution in [0.25, 0.3) is 22.2 Å². The van der Waals surface area contributed by atoms with E-state index in [1.807, 2.05) is 9.62 Å². The summed E-state index contributed by atoms with van der Waals surface area (Å²) in [5.41, 5.74) is -2.11. The molecule has 0 bridgehead atoms. The fourth-order valence-corrected chi connectivity index (χ4v) is 6.89. The molecular weight excluding hydrogens is 587 g/mol. The SMILES string of the molecule is CC(=O)N1CCC(CCCNc2ncc3cc(-c4c(F)ccc(NS(=O)(=O)N5CCC(F)C5)c4F)c(=O)n(C)c3n2)CC1. The molecule has 15 heteroatoms. The Balaban J connectivity index is 1.31. The third kappa shape index (κ3) is 6.61. The minimum atomic E-state index is -4.30. The Hall–Kier alpha value is -3.72. The predicted octanol–water partition coefficient (Wildman–Crippen LogP) is 3.42. The van der Waals surface area contributed by atoms with Crippen LogP contribution in [0.2, 0.25) is 0 Å². The van der Waals surface area contributed by atoms with E-state index in [2.05, 4.69) is 15.3 Å². The molecule has 1 amide bonds. The number of benzene rings is 1. The van der Waals surface area contributed by atoms with E-state index in [9.17, 15) is 26.8 Å². The number of likely N-dealkylation sites (tertiary alicyclic amines) is 1. The van der Waals surface area contributed by atoms with E-state index in [1.165, 1.54) is 19.3 Å². The number of rotatable bonds is 9. The van der Waals surface area contributed by atoms with Crippen molar-refractivity contribution in [2.24, 2.45) is 13.0 Å². The highest BCUT2D eigenvalue weighted by molar-refractivity contribution is 7.90. The van der Waals surface area contributed by atoms with Crippen LogP contribution in [0.5, 0.6) is 0 Å². The van der Waals surface area contributed by atoms with E-state index in [4.69, 9.17) is 0 Å². The summed E-state index contributed by atoms with van der Waals surface area (Å²) in [6.07, 6.45) is 3.95. The van der Waals surface area contributed by atoms with Crippen LogP contribution in [0.4, 0.5) is 24.8 Å². The second-order valence-electron chi connectivity index (χ2n) is 11.0. The fraction of sp³-hybridized carbons (Fsp3) is 0.500. The highest BCUT2D eigenvalue weighted by Crippen LogP contribution is 2.31. The Morgan fingerprint density at radius 1 is 1.14 bits per heavy atom. The zero-order valence-electron chi connectivity index (χ0n) is 23.9. The molecule has 0 aliphatic carbocycles. The first-order valence-electron chi connectivity index (χ1n) is 14.2. The standard InChI is InChI=1S/C28H34F3N7O4S/c1-17(39)37-11-7-18(8-12-37)4-3-10-32-28-33-15-19-14-21(27(40)36(2)26(19)34-28)24-22(30)5-6-23(25(24)31)35-43(41,42)38-13-9-20(29)16-38/h5-6,14-15,18,20,35H,3-4,7-13,16H2,1-2H3,(H,32,33,34). The number of anilines is 2. The molecule has 232 valence electrons. The molecule has 2 aliphatic heterocycles. The van der Waals surface area contributed by atoms with Gasteiger partial charge in [0.25, 0.3) is 5.56 Å². The van der Waals surface area contributed by atoms with Gasteiger partial charge >= 0.3 is 10.2 Å². The first-order valence-corrected chi connectivity index (χ1v) is 15.6. The number of hydrogen-bond donors (Lipinski definition) is 2. The summed E-state index contributed by atoms with van der Waals surface area (Å²) in [5, 5.41) is 3.50. The molecule has 5 rings (SSSR count). The van der Waals surface area contributed by atoms with E-state index in [-0.39, 0.29) is 36.6 Å². The molecule has 0 spiro atoms. The largest absolute Gasteiger partial charge is 0.354 e. The first-order chi connectivity index (χ1) is 20.4. The van der Waals surface area contributed by atoms with Gasteiger partial charge in [0, 0.05) is 58.3 Å². The number of alkyl halides is 1. The Morgan fingerprint density at radius 3 is 2.56 bits per heavy atom. The lowest BCUT2D eigenvalue weighted by Gasteiger charge is -2.31. The summed E-state index contributed by atoms with van der Waals surface area (Å²) in [5.74, 6) is -1.38. The molecule has 2 saturated heterocycles. The number of fused-ring (bicyclic) bond motifs is 1. The van der Waals surface area contributed by atoms with Crippen LogP contribution in [0.1, 0.15) is 39.0 Å². The summed E-state index contributed by atoms with van der Waals surface area (Å²) in [6.45, 7) is 3.32. The van der Waals surface area contributed by atoms with Gasteiger partial charge in [-0.1, -0.05) is 0 Å². The third-order valence-corrected chi connectivity index (χ3v) is 9.60. The summed E-state index contributed by atoms with van der Waals surface area (Å²) < 4.78 is 73.5. The predicted molar refractivity (Wildman–Crippen MR) is 156 cm³/mol. The number of nitrogens with one attached hydrogen (secondary N) is 2. The molecule has 2 fully saturated rings. The first kappa shape index (κ1) is 30.7. The van der Waals surface area contributed by atoms with Crippen LogP contribution < -0.4 is 15.6 Å². The van der Waals surface area contributed by atoms with Gasteiger partial charge < -0.3 is 10.2 Å². The Morgan fingerprint density at radius 2 is 1.88 bits per heavy atom. The lowest BCUT2D eigenvalue weighted by molar-refractivity contribution is -0.130. The molecule has 0 saturated carbocycles. The van der Waals surface area contributed by atoms with Crippen molar-refractivity contribution in [2.75, 3.05) is 42.8 Å². The molecule has 3 aromatic rings. The lowest BCUT2D eigenvalue weighted by atomic mass is 9.92. The minimum Gasteiger partial charge on any atom is -0.354 e. The maximum absolute atomic E-state index is 15.6. The number of piperidine rings is 1. The van der Waals surface area contributed by atoms with Crippen molar-refractivity contribution in [1.82, 2.24) is 23.7 Å². The number of hydrogen-bond acceptors (Lipinski definition) is 7. The summed E-state index contributed by atoms with van der Waals surface area (Å²) in [6, 6.07) is 3.04. The smallest absolute Gasteiger partial charge is 0.301 e. The van der Waals surface area contributed by atoms with Gasteiger partial charge in [-0.05, 0) is 56.2 Å². The van der Waals surface area contributed by atoms with Gasteiger partial charge in [0.15, 0.2) is 5.82 Å². The number of carbonyl (C=O) groups is 1. The van der Waals surface area contributed by atoms with E-state index in [0.29, 0.717) is 23.8 Å². The van der Waals surface area contributed by atoms with Crippen LogP contribution in [0, 0.1) is 17.6 Å². The summed E-state index contributed by atoms with van der Waals surface area (Å²) >= 11 is 0. The number of aryl methyl sites for hydroxylation is 1. The molecule has 43 heavy (non-hydrogen) atoms. The van der Waals surface area contributed by atoms with Crippen molar-refractivity contribution in [2.45, 2.75) is 45.2 Å². The van der Waals surface area contributed by atoms with Crippen LogP contribution in [-0.2, 0) is 22.1 Å². The third-order valence-electron chi connectivity index (χ3n) is 8.11. The van der Waals surface area contributed by atoms with Gasteiger partial charge in [-0.15, -0.1) is 0 Å². The highest BCUT2D eigenvalue weighted by atomic mass is 32.2. The summed E-state index contributed by atoms with van der Waals surface area (Å²) in [7, 11) is -2.89. The number of aromatic nitrogens is 3. The number of pyridine rings is 1. The molecule has 1 unspecified atom stereocenters. The number of halogens is 3. The van der Waals surface area contributed by atoms with Crippen LogP contribution >= 0.6 is 0 Å². The van der Waals surface area contributed by atoms with Crippen molar-refractivity contribution < 1.29 is 26.4 Å². The van der Waals surface area contributed by atoms with Crippen molar-refractivity contribution in [3.63, 3.8) is 0 Å². The second-order valence-corrected chi connectivity index (χ2v) is 12.7. The average Bonchev–Trinajstić information content (AvgIpc) is 3.43. The number of amides is 1. The molecule has 0 radical (unpaired) electrons. The topological polar surface area (TPSA) is 130 Å². The maximum Gasteiger partial charge on any atom is 0.301 e. The van der Waals surface area contributed by atoms with Gasteiger partial charge in [-0.3, -0.25) is 18.9 Å². The molecule has 4 heterocycles. The zero-order chi connectivity index (χ0) is 30.9. The number of nitrogens with zero attached hydrogens (tertiary/aromatic N) is 5. The molecule has 1 aromatic carbocycles. The summed E-state index contributed by atoms with van der Waals surface area (Å²) in [4.78, 5) is 35.4. The van der Waals surface area contributed by atoms with Gasteiger partial charge in [0.2, 0.25) is 11.9 Å². The van der Waals surface area contributed by atoms with Gasteiger partial charge in [-0.25, -0.2) is 18.2 Å². The molecule has 2 aliphatic rings. The minimum absolute atomic E-state index is 0.0209. The second kappa shape index (κ2) is 12.5. The van der Waals surface area contributed by atoms with E-state index in [0.717, 1.165) is 59.8 Å². The maximum atomic E-state index is 15.6. The Kier molecular flexibility index (Phi) is 8.92. The molecule has 2 aromatic heterocycles. The van der Waals surface area contributed by atoms with E-state index >= 15 is 4.39 Å². The van der Waals surface area contributed by atoms with Crippen molar-refractivity contribution in [3.05, 3.63) is 46.4 Å². The van der Waals surface area contributed by atoms with Crippen LogP contribution in [-0.4, -0.2) is 77.0 Å². The normalized spacial score (nSPS) is 18.3. The quantitative estimate of drug-likeness (QED) is 0.351. The molecule has 1 atom stereocenters.